The molecule has 2 rings (SSSR count). The molecule has 0 amide bonds. The van der Waals surface area contributed by atoms with Crippen molar-refractivity contribution < 1.29 is 4.43 Å². The summed E-state index contributed by atoms with van der Waals surface area (Å²) in [5.41, 5.74) is 1.22. The highest BCUT2D eigenvalue weighted by Gasteiger charge is 2.26. The molecule has 0 saturated carbocycles. The van der Waals surface area contributed by atoms with Crippen LogP contribution in [0.5, 0.6) is 0 Å². The zero-order chi connectivity index (χ0) is 16.0. The Labute approximate surface area is 143 Å². The molecule has 116 valence electrons. The second-order valence-corrected chi connectivity index (χ2v) is 10.7. The topological polar surface area (TPSA) is 9.23 Å². The molecule has 0 heterocycles. The van der Waals surface area contributed by atoms with Gasteiger partial charge < -0.3 is 4.43 Å². The third-order valence-corrected chi connectivity index (χ3v) is 6.86. The van der Waals surface area contributed by atoms with Crippen molar-refractivity contribution in [2.24, 2.45) is 0 Å². The van der Waals surface area contributed by atoms with E-state index in [1.54, 1.807) is 0 Å². The smallest absolute Gasteiger partial charge is 0.218 e. The molecule has 3 heteroatoms. The third kappa shape index (κ3) is 5.23. The fourth-order valence-corrected chi connectivity index (χ4v) is 4.93. The van der Waals surface area contributed by atoms with Crippen molar-refractivity contribution in [2.75, 3.05) is 0 Å². The minimum atomic E-state index is -1.82. The molecule has 0 aliphatic rings. The van der Waals surface area contributed by atoms with E-state index in [1.165, 1.54) is 10.8 Å². The van der Waals surface area contributed by atoms with Crippen LogP contribution < -0.4 is 5.19 Å². The lowest BCUT2D eigenvalue weighted by Crippen LogP contribution is -2.46. The van der Waals surface area contributed by atoms with Crippen LogP contribution in [-0.4, -0.2) is 14.4 Å². The monoisotopic (exact) mass is 374 g/mol. The first-order valence-electron chi connectivity index (χ1n) is 7.63. The van der Waals surface area contributed by atoms with Crippen LogP contribution in [0.2, 0.25) is 13.1 Å². The van der Waals surface area contributed by atoms with Crippen molar-refractivity contribution in [2.45, 2.75) is 32.5 Å². The number of benzene rings is 2. The van der Waals surface area contributed by atoms with Gasteiger partial charge in [0.1, 0.15) is 0 Å². The summed E-state index contributed by atoms with van der Waals surface area (Å²) in [4.78, 5) is 0. The molecule has 0 saturated heterocycles. The lowest BCUT2D eigenvalue weighted by atomic mass is 10.2. The van der Waals surface area contributed by atoms with E-state index < -0.39 is 8.32 Å². The van der Waals surface area contributed by atoms with Gasteiger partial charge in [-0.05, 0) is 49.3 Å². The van der Waals surface area contributed by atoms with Gasteiger partial charge in [0.05, 0.1) is 0 Å². The van der Waals surface area contributed by atoms with E-state index in [0.717, 1.165) is 10.9 Å². The highest BCUT2D eigenvalue weighted by atomic mass is 79.9. The molecule has 0 aromatic heterocycles. The van der Waals surface area contributed by atoms with Crippen molar-refractivity contribution >= 4 is 35.5 Å². The molecular formula is C19H23BrOSi. The Morgan fingerprint density at radius 1 is 1.05 bits per heavy atom. The SMILES string of the molecule is CC(C/C=C\c1ccc(Br)cc1)O[Si](C)(C)c1ccccc1. The molecule has 0 N–H and O–H groups in total. The maximum Gasteiger partial charge on any atom is 0.218 e. The van der Waals surface area contributed by atoms with Crippen molar-refractivity contribution in [3.63, 3.8) is 0 Å². The summed E-state index contributed by atoms with van der Waals surface area (Å²) in [5, 5.41) is 1.35. The fourth-order valence-electron chi connectivity index (χ4n) is 2.43. The van der Waals surface area contributed by atoms with Gasteiger partial charge in [-0.1, -0.05) is 70.5 Å². The van der Waals surface area contributed by atoms with E-state index in [4.69, 9.17) is 4.43 Å². The van der Waals surface area contributed by atoms with E-state index in [0.29, 0.717) is 0 Å². The molecule has 2 aromatic carbocycles. The Balaban J connectivity index is 1.90. The average molecular weight is 375 g/mol. The summed E-state index contributed by atoms with van der Waals surface area (Å²) >= 11 is 3.45. The minimum absolute atomic E-state index is 0.230. The first kappa shape index (κ1) is 17.2. The Bertz CT molecular complexity index is 605. The fraction of sp³-hybridized carbons (Fsp3) is 0.263. The third-order valence-electron chi connectivity index (χ3n) is 3.61. The van der Waals surface area contributed by atoms with Gasteiger partial charge in [0.25, 0.3) is 0 Å². The van der Waals surface area contributed by atoms with E-state index in [-0.39, 0.29) is 6.10 Å². The highest BCUT2D eigenvalue weighted by Crippen LogP contribution is 2.14. The maximum atomic E-state index is 6.36. The summed E-state index contributed by atoms with van der Waals surface area (Å²) in [5.74, 6) is 0. The van der Waals surface area contributed by atoms with Gasteiger partial charge in [0, 0.05) is 10.6 Å². The van der Waals surface area contributed by atoms with Crippen molar-refractivity contribution in [3.8, 4) is 0 Å². The van der Waals surface area contributed by atoms with Gasteiger partial charge in [-0.3, -0.25) is 0 Å². The van der Waals surface area contributed by atoms with E-state index >= 15 is 0 Å². The van der Waals surface area contributed by atoms with Crippen LogP contribution in [0.15, 0.2) is 65.1 Å². The molecule has 0 bridgehead atoms. The molecule has 0 fully saturated rings. The maximum absolute atomic E-state index is 6.36. The second-order valence-electron chi connectivity index (χ2n) is 5.99. The van der Waals surface area contributed by atoms with Crippen molar-refractivity contribution in [1.29, 1.82) is 0 Å². The van der Waals surface area contributed by atoms with Crippen molar-refractivity contribution in [3.05, 3.63) is 70.7 Å². The number of hydrogen-bond acceptors (Lipinski definition) is 1. The van der Waals surface area contributed by atoms with Crippen LogP contribution in [0.3, 0.4) is 0 Å². The zero-order valence-electron chi connectivity index (χ0n) is 13.4. The molecule has 0 spiro atoms. The first-order chi connectivity index (χ1) is 10.5. The molecule has 1 unspecified atom stereocenters. The summed E-state index contributed by atoms with van der Waals surface area (Å²) in [6, 6.07) is 18.9. The number of halogens is 1. The predicted molar refractivity (Wildman–Crippen MR) is 102 cm³/mol. The van der Waals surface area contributed by atoms with Crippen LogP contribution in [0.25, 0.3) is 6.08 Å². The molecule has 22 heavy (non-hydrogen) atoms. The second kappa shape index (κ2) is 7.91. The standard InChI is InChI=1S/C19H23BrOSi/c1-16(8-7-9-17-12-14-18(20)15-13-17)21-22(2,3)19-10-5-4-6-11-19/h4-7,9-16H,8H2,1-3H3/b9-7-. The lowest BCUT2D eigenvalue weighted by molar-refractivity contribution is 0.221. The van der Waals surface area contributed by atoms with Gasteiger partial charge in [-0.25, -0.2) is 0 Å². The van der Waals surface area contributed by atoms with Crippen LogP contribution in [0.1, 0.15) is 18.9 Å². The summed E-state index contributed by atoms with van der Waals surface area (Å²) in [7, 11) is -1.82. The lowest BCUT2D eigenvalue weighted by Gasteiger charge is -2.27. The number of hydrogen-bond donors (Lipinski definition) is 0. The number of rotatable bonds is 6. The quantitative estimate of drug-likeness (QED) is 0.617. The summed E-state index contributed by atoms with van der Waals surface area (Å²) in [6.45, 7) is 6.68. The highest BCUT2D eigenvalue weighted by molar-refractivity contribution is 9.10. The van der Waals surface area contributed by atoms with E-state index in [1.807, 2.05) is 0 Å². The van der Waals surface area contributed by atoms with Crippen molar-refractivity contribution in [1.82, 2.24) is 0 Å². The van der Waals surface area contributed by atoms with Gasteiger partial charge >= 0.3 is 0 Å². The van der Waals surface area contributed by atoms with E-state index in [2.05, 4.69) is 103 Å². The normalized spacial score (nSPS) is 13.5. The van der Waals surface area contributed by atoms with Crippen LogP contribution >= 0.6 is 15.9 Å². The Morgan fingerprint density at radius 3 is 2.32 bits per heavy atom. The van der Waals surface area contributed by atoms with Crippen LogP contribution in [0.4, 0.5) is 0 Å². The van der Waals surface area contributed by atoms with Gasteiger partial charge in [0.15, 0.2) is 0 Å². The van der Waals surface area contributed by atoms with Gasteiger partial charge in [-0.15, -0.1) is 0 Å². The van der Waals surface area contributed by atoms with E-state index in [9.17, 15) is 0 Å². The largest absolute Gasteiger partial charge is 0.410 e. The Hall–Kier alpha value is -1.16. The molecule has 0 aliphatic carbocycles. The average Bonchev–Trinajstić information content (AvgIpc) is 2.50. The molecular weight excluding hydrogens is 352 g/mol. The molecule has 1 nitrogen and oxygen atoms in total. The molecule has 0 radical (unpaired) electrons. The summed E-state index contributed by atoms with van der Waals surface area (Å²) in [6.07, 6.45) is 5.51. The molecule has 2 aromatic rings. The Morgan fingerprint density at radius 2 is 1.68 bits per heavy atom. The predicted octanol–water partition coefficient (Wildman–Crippen LogP) is 5.37. The van der Waals surface area contributed by atoms with Crippen LogP contribution in [0, 0.1) is 0 Å². The Kier molecular flexibility index (Phi) is 6.18. The van der Waals surface area contributed by atoms with Gasteiger partial charge in [-0.2, -0.15) is 0 Å². The van der Waals surface area contributed by atoms with Gasteiger partial charge in [0.2, 0.25) is 8.32 Å². The van der Waals surface area contributed by atoms with Crippen LogP contribution in [-0.2, 0) is 4.43 Å². The molecule has 0 aliphatic heterocycles. The minimum Gasteiger partial charge on any atom is -0.410 e. The summed E-state index contributed by atoms with van der Waals surface area (Å²) < 4.78 is 7.47. The first-order valence-corrected chi connectivity index (χ1v) is 11.3. The molecule has 1 atom stereocenters. The zero-order valence-corrected chi connectivity index (χ0v) is 16.0.